The summed E-state index contributed by atoms with van der Waals surface area (Å²) in [5.74, 6) is 3.33. The number of phenols is 1. The van der Waals surface area contributed by atoms with Gasteiger partial charge in [-0.3, -0.25) is 0 Å². The van der Waals surface area contributed by atoms with Crippen LogP contribution >= 0.6 is 0 Å². The summed E-state index contributed by atoms with van der Waals surface area (Å²) in [5, 5.41) is 17.3. The van der Waals surface area contributed by atoms with E-state index in [1.807, 2.05) is 32.0 Å². The van der Waals surface area contributed by atoms with Crippen molar-refractivity contribution >= 4 is 23.4 Å². The number of rotatable bonds is 14. The summed E-state index contributed by atoms with van der Waals surface area (Å²) in [5.41, 5.74) is 8.61. The molecule has 0 spiro atoms. The standard InChI is InChI=1S/C22H25NO5.C19H23NO5/c1-6-10-27-18-8-7-9-19(13-18)28-14-17-11-15(2)16(3)12-20(17)21(23-26-5)22(24)25-4;1-12-8-14(11-25-16-7-5-6-15(21)10-16)17(9-13(12)2)18(20-24-4)19(22)23-3/h1,7-9,13H,10-12,14H2,2-5H3;5-7,10,21H,8-9,11H2,1-4H3/b23-21+;20-18+. The SMILES string of the molecule is C#CCOc1cccc(OCC2=C(/C(=N\OC)C(=O)OC)CC(C)=C(C)C2)c1.CO/N=C(/C(=O)OC)C1=C(COc2cccc(O)c2)CC(C)=C(C)C1. The van der Waals surface area contributed by atoms with Gasteiger partial charge in [0.1, 0.15) is 57.0 Å². The molecular weight excluding hydrogens is 680 g/mol. The van der Waals surface area contributed by atoms with Crippen LogP contribution < -0.4 is 14.2 Å². The smallest absolute Gasteiger partial charge is 0.360 e. The molecular formula is C41H48N2O10. The summed E-state index contributed by atoms with van der Waals surface area (Å²) in [6, 6.07) is 13.9. The molecule has 0 fully saturated rings. The summed E-state index contributed by atoms with van der Waals surface area (Å²) >= 11 is 0. The molecule has 0 heterocycles. The highest BCUT2D eigenvalue weighted by atomic mass is 16.6. The molecule has 2 aliphatic carbocycles. The van der Waals surface area contributed by atoms with Crippen LogP contribution in [-0.4, -0.2) is 76.7 Å². The molecule has 2 aromatic rings. The first-order valence-corrected chi connectivity index (χ1v) is 16.8. The minimum atomic E-state index is -0.543. The minimum absolute atomic E-state index is 0.137. The Hall–Kier alpha value is -5.96. The molecule has 1 N–H and O–H groups in total. The lowest BCUT2D eigenvalue weighted by Gasteiger charge is -2.23. The maximum Gasteiger partial charge on any atom is 0.360 e. The van der Waals surface area contributed by atoms with E-state index >= 15 is 0 Å². The fourth-order valence-electron chi connectivity index (χ4n) is 5.52. The van der Waals surface area contributed by atoms with Crippen LogP contribution in [-0.2, 0) is 28.7 Å². The second-order valence-electron chi connectivity index (χ2n) is 12.3. The van der Waals surface area contributed by atoms with E-state index in [4.69, 9.17) is 39.8 Å². The summed E-state index contributed by atoms with van der Waals surface area (Å²) in [4.78, 5) is 34.0. The van der Waals surface area contributed by atoms with Gasteiger partial charge in [0.25, 0.3) is 0 Å². The van der Waals surface area contributed by atoms with Crippen molar-refractivity contribution in [1.82, 2.24) is 0 Å². The van der Waals surface area contributed by atoms with Crippen molar-refractivity contribution in [2.45, 2.75) is 53.4 Å². The van der Waals surface area contributed by atoms with Gasteiger partial charge in [0.05, 0.1) is 14.2 Å². The maximum absolute atomic E-state index is 12.2. The number of hydrogen-bond donors (Lipinski definition) is 1. The lowest BCUT2D eigenvalue weighted by molar-refractivity contribution is -0.133. The number of ether oxygens (including phenoxy) is 5. The molecule has 12 heteroatoms. The molecule has 0 aromatic heterocycles. The Morgan fingerprint density at radius 1 is 0.660 bits per heavy atom. The maximum atomic E-state index is 12.2. The van der Waals surface area contributed by atoms with Gasteiger partial charge in [-0.2, -0.15) is 0 Å². The molecule has 0 unspecified atom stereocenters. The van der Waals surface area contributed by atoms with Crippen molar-refractivity contribution in [3.05, 3.63) is 93.1 Å². The zero-order valence-corrected chi connectivity index (χ0v) is 31.7. The summed E-state index contributed by atoms with van der Waals surface area (Å²) < 4.78 is 26.9. The molecule has 0 bridgehead atoms. The van der Waals surface area contributed by atoms with Crippen LogP contribution in [0.3, 0.4) is 0 Å². The molecule has 0 atom stereocenters. The van der Waals surface area contributed by atoms with Gasteiger partial charge in [0.2, 0.25) is 0 Å². The highest BCUT2D eigenvalue weighted by Gasteiger charge is 2.28. The number of terminal acetylenes is 1. The molecule has 53 heavy (non-hydrogen) atoms. The Kier molecular flexibility index (Phi) is 16.3. The Bertz CT molecular complexity index is 1870. The molecule has 12 nitrogen and oxygen atoms in total. The predicted octanol–water partition coefficient (Wildman–Crippen LogP) is 7.05. The summed E-state index contributed by atoms with van der Waals surface area (Å²) in [7, 11) is 5.43. The number of phenolic OH excluding ortho intramolecular Hbond substituents is 1. The van der Waals surface area contributed by atoms with Gasteiger partial charge < -0.3 is 38.5 Å². The first kappa shape index (κ1) is 41.5. The molecule has 0 amide bonds. The van der Waals surface area contributed by atoms with Crippen LogP contribution in [0.1, 0.15) is 53.4 Å². The monoisotopic (exact) mass is 728 g/mol. The molecule has 0 saturated heterocycles. The number of esters is 2. The van der Waals surface area contributed by atoms with E-state index in [0.717, 1.165) is 22.3 Å². The second-order valence-corrected chi connectivity index (χ2v) is 12.3. The van der Waals surface area contributed by atoms with Gasteiger partial charge >= 0.3 is 11.9 Å². The normalized spacial score (nSPS) is 14.8. The molecule has 4 rings (SSSR count). The predicted molar refractivity (Wildman–Crippen MR) is 202 cm³/mol. The highest BCUT2D eigenvalue weighted by Crippen LogP contribution is 2.33. The first-order chi connectivity index (χ1) is 25.4. The number of allylic oxidation sites excluding steroid dienone is 4. The molecule has 0 saturated carbocycles. The largest absolute Gasteiger partial charge is 0.508 e. The van der Waals surface area contributed by atoms with Crippen LogP contribution in [0.2, 0.25) is 0 Å². The zero-order chi connectivity index (χ0) is 38.9. The number of carbonyl (C=O) groups is 2. The number of aromatic hydroxyl groups is 1. The van der Waals surface area contributed by atoms with E-state index in [9.17, 15) is 14.7 Å². The Morgan fingerprint density at radius 3 is 1.49 bits per heavy atom. The van der Waals surface area contributed by atoms with Crippen molar-refractivity contribution in [1.29, 1.82) is 0 Å². The van der Waals surface area contributed by atoms with Gasteiger partial charge in [0, 0.05) is 12.1 Å². The number of hydrogen-bond acceptors (Lipinski definition) is 12. The van der Waals surface area contributed by atoms with E-state index < -0.39 is 11.9 Å². The third-order valence-electron chi connectivity index (χ3n) is 8.62. The van der Waals surface area contributed by atoms with Crippen molar-refractivity contribution in [3.8, 4) is 35.3 Å². The first-order valence-electron chi connectivity index (χ1n) is 16.8. The summed E-state index contributed by atoms with van der Waals surface area (Å²) in [6.45, 7) is 8.99. The van der Waals surface area contributed by atoms with Gasteiger partial charge in [-0.05, 0) is 99.9 Å². The van der Waals surface area contributed by atoms with Crippen LogP contribution in [0.4, 0.5) is 0 Å². The van der Waals surface area contributed by atoms with Crippen LogP contribution in [0, 0.1) is 12.3 Å². The lowest BCUT2D eigenvalue weighted by atomic mass is 9.85. The number of nitrogens with zero attached hydrogens (tertiary/aromatic N) is 2. The van der Waals surface area contributed by atoms with Gasteiger partial charge in [0.15, 0.2) is 11.4 Å². The van der Waals surface area contributed by atoms with E-state index in [0.29, 0.717) is 49.5 Å². The molecule has 0 aliphatic heterocycles. The van der Waals surface area contributed by atoms with Crippen molar-refractivity contribution in [2.75, 3.05) is 48.3 Å². The molecule has 2 aromatic carbocycles. The van der Waals surface area contributed by atoms with Crippen LogP contribution in [0.15, 0.2) is 103 Å². The minimum Gasteiger partial charge on any atom is -0.508 e. The van der Waals surface area contributed by atoms with E-state index in [-0.39, 0.29) is 30.4 Å². The van der Waals surface area contributed by atoms with Crippen molar-refractivity contribution in [3.63, 3.8) is 0 Å². The average molecular weight is 729 g/mol. The van der Waals surface area contributed by atoms with Gasteiger partial charge in [-0.15, -0.1) is 6.42 Å². The fraction of sp³-hybridized carbons (Fsp3) is 0.366. The van der Waals surface area contributed by atoms with Crippen molar-refractivity contribution in [2.24, 2.45) is 10.3 Å². The summed E-state index contributed by atoms with van der Waals surface area (Å²) in [6.07, 6.45) is 7.77. The van der Waals surface area contributed by atoms with Crippen LogP contribution in [0.5, 0.6) is 23.0 Å². The Labute approximate surface area is 311 Å². The van der Waals surface area contributed by atoms with E-state index in [1.165, 1.54) is 50.7 Å². The van der Waals surface area contributed by atoms with Gasteiger partial charge in [-0.1, -0.05) is 50.7 Å². The molecule has 282 valence electrons. The number of carbonyl (C=O) groups excluding carboxylic acids is 2. The van der Waals surface area contributed by atoms with Gasteiger partial charge in [-0.25, -0.2) is 9.59 Å². The van der Waals surface area contributed by atoms with Crippen molar-refractivity contribution < 1.29 is 48.1 Å². The van der Waals surface area contributed by atoms with Crippen LogP contribution in [0.25, 0.3) is 0 Å². The Morgan fingerprint density at radius 2 is 1.08 bits per heavy atom. The quantitative estimate of drug-likeness (QED) is 0.0707. The third kappa shape index (κ3) is 12.1. The number of benzene rings is 2. The highest BCUT2D eigenvalue weighted by molar-refractivity contribution is 6.43. The number of methoxy groups -OCH3 is 2. The average Bonchev–Trinajstić information content (AvgIpc) is 3.15. The lowest BCUT2D eigenvalue weighted by Crippen LogP contribution is -2.24. The van der Waals surface area contributed by atoms with E-state index in [2.05, 4.69) is 30.1 Å². The fourth-order valence-corrected chi connectivity index (χ4v) is 5.52. The van der Waals surface area contributed by atoms with E-state index in [1.54, 1.807) is 30.3 Å². The zero-order valence-electron chi connectivity index (χ0n) is 31.7. The topological polar surface area (TPSA) is 144 Å². The third-order valence-corrected chi connectivity index (χ3v) is 8.62. The second kappa shape index (κ2) is 20.8. The molecule has 2 aliphatic rings. The molecule has 0 radical (unpaired) electrons. The number of oxime groups is 2. The Balaban J connectivity index is 0.000000287.